The van der Waals surface area contributed by atoms with Gasteiger partial charge in [-0.15, -0.1) is 0 Å². The van der Waals surface area contributed by atoms with Gasteiger partial charge in [-0.25, -0.2) is 4.79 Å². The van der Waals surface area contributed by atoms with Gasteiger partial charge in [0, 0.05) is 19.2 Å². The topological polar surface area (TPSA) is 70.7 Å². The summed E-state index contributed by atoms with van der Waals surface area (Å²) in [7, 11) is 0. The van der Waals surface area contributed by atoms with E-state index in [-0.39, 0.29) is 18.0 Å². The third-order valence-electron chi connectivity index (χ3n) is 4.53. The first kappa shape index (κ1) is 15.8. The SMILES string of the molecule is CC(=O)NC[C@H]1COC(=O)N1c1ccc(C2CCNCC2)cc1. The number of rotatable bonds is 4. The summed E-state index contributed by atoms with van der Waals surface area (Å²) in [5.41, 5.74) is 2.14. The zero-order valence-electron chi connectivity index (χ0n) is 13.4. The van der Waals surface area contributed by atoms with Crippen LogP contribution in [0.2, 0.25) is 0 Å². The van der Waals surface area contributed by atoms with Gasteiger partial charge in [-0.2, -0.15) is 0 Å². The lowest BCUT2D eigenvalue weighted by Gasteiger charge is -2.25. The number of benzene rings is 1. The lowest BCUT2D eigenvalue weighted by atomic mass is 9.90. The number of hydrogen-bond donors (Lipinski definition) is 2. The monoisotopic (exact) mass is 317 g/mol. The summed E-state index contributed by atoms with van der Waals surface area (Å²) in [6.45, 7) is 4.29. The van der Waals surface area contributed by atoms with E-state index in [9.17, 15) is 9.59 Å². The van der Waals surface area contributed by atoms with Crippen LogP contribution in [0.3, 0.4) is 0 Å². The molecule has 0 spiro atoms. The Hall–Kier alpha value is -2.08. The average molecular weight is 317 g/mol. The predicted molar refractivity (Wildman–Crippen MR) is 87.6 cm³/mol. The van der Waals surface area contributed by atoms with Crippen LogP contribution < -0.4 is 15.5 Å². The molecule has 0 unspecified atom stereocenters. The van der Waals surface area contributed by atoms with Gasteiger partial charge >= 0.3 is 6.09 Å². The first-order valence-electron chi connectivity index (χ1n) is 8.16. The highest BCUT2D eigenvalue weighted by Crippen LogP contribution is 2.29. The Kier molecular flexibility index (Phi) is 4.81. The van der Waals surface area contributed by atoms with E-state index in [2.05, 4.69) is 22.8 Å². The van der Waals surface area contributed by atoms with Gasteiger partial charge in [-0.05, 0) is 49.5 Å². The van der Waals surface area contributed by atoms with Crippen molar-refractivity contribution in [2.45, 2.75) is 31.7 Å². The fourth-order valence-electron chi connectivity index (χ4n) is 3.25. The standard InChI is InChI=1S/C17H23N3O3/c1-12(21)19-10-16-11-23-17(22)20(16)15-4-2-13(3-5-15)14-6-8-18-9-7-14/h2-5,14,16,18H,6-11H2,1H3,(H,19,21)/t16-/m0/s1. The fraction of sp³-hybridized carbons (Fsp3) is 0.529. The minimum absolute atomic E-state index is 0.106. The van der Waals surface area contributed by atoms with Crippen LogP contribution in [0.4, 0.5) is 10.5 Å². The number of ether oxygens (including phenoxy) is 1. The van der Waals surface area contributed by atoms with Crippen molar-refractivity contribution in [3.8, 4) is 0 Å². The van der Waals surface area contributed by atoms with Crippen LogP contribution in [-0.4, -0.2) is 44.3 Å². The van der Waals surface area contributed by atoms with Crippen molar-refractivity contribution in [1.29, 1.82) is 0 Å². The smallest absolute Gasteiger partial charge is 0.414 e. The van der Waals surface area contributed by atoms with E-state index in [4.69, 9.17) is 4.74 Å². The zero-order valence-corrected chi connectivity index (χ0v) is 13.4. The van der Waals surface area contributed by atoms with Crippen LogP contribution in [0.15, 0.2) is 24.3 Å². The summed E-state index contributed by atoms with van der Waals surface area (Å²) in [4.78, 5) is 24.7. The number of carbonyl (C=O) groups excluding carboxylic acids is 2. The number of amides is 2. The number of piperidine rings is 1. The first-order valence-corrected chi connectivity index (χ1v) is 8.16. The second-order valence-corrected chi connectivity index (χ2v) is 6.15. The molecule has 6 nitrogen and oxygen atoms in total. The third-order valence-corrected chi connectivity index (χ3v) is 4.53. The molecule has 6 heteroatoms. The van der Waals surface area contributed by atoms with Crippen LogP contribution in [0.25, 0.3) is 0 Å². The van der Waals surface area contributed by atoms with Gasteiger partial charge in [0.05, 0.1) is 6.04 Å². The Bertz CT molecular complexity index is 567. The van der Waals surface area contributed by atoms with E-state index < -0.39 is 0 Å². The number of anilines is 1. The third kappa shape index (κ3) is 3.64. The fourth-order valence-corrected chi connectivity index (χ4v) is 3.25. The normalized spacial score (nSPS) is 22.0. The van der Waals surface area contributed by atoms with Crippen molar-refractivity contribution in [3.63, 3.8) is 0 Å². The van der Waals surface area contributed by atoms with Crippen LogP contribution in [0, 0.1) is 0 Å². The van der Waals surface area contributed by atoms with Gasteiger partial charge < -0.3 is 15.4 Å². The van der Waals surface area contributed by atoms with Crippen molar-refractivity contribution in [2.75, 3.05) is 31.1 Å². The van der Waals surface area contributed by atoms with Crippen molar-refractivity contribution in [3.05, 3.63) is 29.8 Å². The molecule has 3 rings (SSSR count). The number of cyclic esters (lactones) is 1. The van der Waals surface area contributed by atoms with Crippen molar-refractivity contribution >= 4 is 17.7 Å². The Labute approximate surface area is 136 Å². The summed E-state index contributed by atoms with van der Waals surface area (Å²) >= 11 is 0. The van der Waals surface area contributed by atoms with Gasteiger partial charge in [0.15, 0.2) is 0 Å². The van der Waals surface area contributed by atoms with Gasteiger partial charge in [0.25, 0.3) is 0 Å². The average Bonchev–Trinajstić information content (AvgIpc) is 2.95. The zero-order chi connectivity index (χ0) is 16.2. The van der Waals surface area contributed by atoms with Gasteiger partial charge in [0.2, 0.25) is 5.91 Å². The molecule has 2 N–H and O–H groups in total. The van der Waals surface area contributed by atoms with E-state index in [1.807, 2.05) is 12.1 Å². The highest BCUT2D eigenvalue weighted by atomic mass is 16.6. The van der Waals surface area contributed by atoms with Crippen molar-refractivity contribution in [1.82, 2.24) is 10.6 Å². The van der Waals surface area contributed by atoms with Crippen molar-refractivity contribution < 1.29 is 14.3 Å². The number of nitrogens with zero attached hydrogens (tertiary/aromatic N) is 1. The lowest BCUT2D eigenvalue weighted by Crippen LogP contribution is -2.42. The first-order chi connectivity index (χ1) is 11.1. The molecule has 1 aromatic rings. The molecule has 124 valence electrons. The Morgan fingerprint density at radius 3 is 2.65 bits per heavy atom. The van der Waals surface area contributed by atoms with Crippen LogP contribution >= 0.6 is 0 Å². The van der Waals surface area contributed by atoms with E-state index in [0.29, 0.717) is 19.1 Å². The molecule has 2 aliphatic heterocycles. The van der Waals surface area contributed by atoms with Crippen molar-refractivity contribution in [2.24, 2.45) is 0 Å². The molecule has 23 heavy (non-hydrogen) atoms. The molecule has 2 heterocycles. The number of hydrogen-bond acceptors (Lipinski definition) is 4. The second-order valence-electron chi connectivity index (χ2n) is 6.15. The number of carbonyl (C=O) groups is 2. The highest BCUT2D eigenvalue weighted by molar-refractivity contribution is 5.90. The molecule has 0 aromatic heterocycles. The van der Waals surface area contributed by atoms with Crippen LogP contribution in [-0.2, 0) is 9.53 Å². The second kappa shape index (κ2) is 7.00. The molecule has 1 aromatic carbocycles. The van der Waals surface area contributed by atoms with Crippen LogP contribution in [0.1, 0.15) is 31.2 Å². The summed E-state index contributed by atoms with van der Waals surface area (Å²) < 4.78 is 5.14. The van der Waals surface area contributed by atoms with E-state index in [0.717, 1.165) is 31.6 Å². The Morgan fingerprint density at radius 2 is 2.00 bits per heavy atom. The van der Waals surface area contributed by atoms with Gasteiger partial charge in [0.1, 0.15) is 6.61 Å². The molecular formula is C17H23N3O3. The quantitative estimate of drug-likeness (QED) is 0.885. The molecular weight excluding hydrogens is 294 g/mol. The van der Waals surface area contributed by atoms with Crippen LogP contribution in [0.5, 0.6) is 0 Å². The predicted octanol–water partition coefficient (Wildman–Crippen LogP) is 1.61. The summed E-state index contributed by atoms with van der Waals surface area (Å²) in [6, 6.07) is 8.00. The summed E-state index contributed by atoms with van der Waals surface area (Å²) in [5.74, 6) is 0.483. The molecule has 2 fully saturated rings. The molecule has 2 aliphatic rings. The molecule has 0 radical (unpaired) electrons. The number of nitrogens with one attached hydrogen (secondary N) is 2. The Morgan fingerprint density at radius 1 is 1.30 bits per heavy atom. The summed E-state index contributed by atoms with van der Waals surface area (Å²) in [5, 5.41) is 6.12. The maximum Gasteiger partial charge on any atom is 0.414 e. The van der Waals surface area contributed by atoms with Gasteiger partial charge in [-0.1, -0.05) is 12.1 Å². The summed E-state index contributed by atoms with van der Waals surface area (Å²) in [6.07, 6.45) is 1.95. The van der Waals surface area contributed by atoms with E-state index in [1.165, 1.54) is 12.5 Å². The van der Waals surface area contributed by atoms with E-state index >= 15 is 0 Å². The molecule has 0 bridgehead atoms. The minimum Gasteiger partial charge on any atom is -0.447 e. The minimum atomic E-state index is -0.352. The molecule has 2 saturated heterocycles. The maximum atomic E-state index is 12.0. The molecule has 0 aliphatic carbocycles. The molecule has 1 atom stereocenters. The molecule has 0 saturated carbocycles. The maximum absolute atomic E-state index is 12.0. The molecule has 2 amide bonds. The largest absolute Gasteiger partial charge is 0.447 e. The highest BCUT2D eigenvalue weighted by Gasteiger charge is 2.34. The lowest BCUT2D eigenvalue weighted by molar-refractivity contribution is -0.119. The van der Waals surface area contributed by atoms with Gasteiger partial charge in [-0.3, -0.25) is 9.69 Å². The van der Waals surface area contributed by atoms with E-state index in [1.54, 1.807) is 4.90 Å². The Balaban J connectivity index is 1.71.